The van der Waals surface area contributed by atoms with Gasteiger partial charge in [-0.25, -0.2) is 9.78 Å². The SMILES string of the molecule is O=C(OCc1ccccc1)N1CCN(c2ccc(-c3cnc([C@@H]4CCCN4)[nH]3)cc2)CC1. The summed E-state index contributed by atoms with van der Waals surface area (Å²) in [6.45, 7) is 4.28. The van der Waals surface area contributed by atoms with Crippen LogP contribution in [0.1, 0.15) is 30.3 Å². The number of amides is 1. The molecule has 166 valence electrons. The number of aromatic amines is 1. The maximum Gasteiger partial charge on any atom is 0.410 e. The second-order valence-corrected chi connectivity index (χ2v) is 8.39. The molecule has 5 rings (SSSR count). The molecule has 2 aliphatic rings. The second kappa shape index (κ2) is 9.44. The van der Waals surface area contributed by atoms with Crippen molar-refractivity contribution in [3.05, 3.63) is 72.2 Å². The van der Waals surface area contributed by atoms with Crippen molar-refractivity contribution in [2.24, 2.45) is 0 Å². The first kappa shape index (κ1) is 20.6. The molecule has 0 spiro atoms. The largest absolute Gasteiger partial charge is 0.445 e. The molecule has 32 heavy (non-hydrogen) atoms. The fourth-order valence-corrected chi connectivity index (χ4v) is 4.39. The fraction of sp³-hybridized carbons (Fsp3) is 0.360. The van der Waals surface area contributed by atoms with Gasteiger partial charge < -0.3 is 24.8 Å². The number of anilines is 1. The van der Waals surface area contributed by atoms with Crippen LogP contribution in [0.3, 0.4) is 0 Å². The number of benzene rings is 2. The zero-order valence-electron chi connectivity index (χ0n) is 18.2. The Hall–Kier alpha value is -3.32. The highest BCUT2D eigenvalue weighted by Gasteiger charge is 2.23. The van der Waals surface area contributed by atoms with Crippen LogP contribution in [0.5, 0.6) is 0 Å². The van der Waals surface area contributed by atoms with Crippen molar-refractivity contribution in [2.75, 3.05) is 37.6 Å². The quantitative estimate of drug-likeness (QED) is 0.640. The highest BCUT2D eigenvalue weighted by atomic mass is 16.6. The zero-order valence-corrected chi connectivity index (χ0v) is 18.2. The molecule has 3 aromatic rings. The molecule has 1 aromatic heterocycles. The van der Waals surface area contributed by atoms with E-state index < -0.39 is 0 Å². The smallest absolute Gasteiger partial charge is 0.410 e. The summed E-state index contributed by atoms with van der Waals surface area (Å²) >= 11 is 0. The Balaban J connectivity index is 1.13. The first-order chi connectivity index (χ1) is 15.8. The van der Waals surface area contributed by atoms with Crippen LogP contribution in [-0.4, -0.2) is 53.7 Å². The molecule has 0 saturated carbocycles. The molecule has 0 bridgehead atoms. The summed E-state index contributed by atoms with van der Waals surface area (Å²) in [4.78, 5) is 24.5. The van der Waals surface area contributed by atoms with E-state index in [-0.39, 0.29) is 6.09 Å². The number of carbonyl (C=O) groups excluding carboxylic acids is 1. The van der Waals surface area contributed by atoms with Crippen molar-refractivity contribution in [2.45, 2.75) is 25.5 Å². The standard InChI is InChI=1S/C25H29N5O2/c31-25(32-18-19-5-2-1-3-6-19)30-15-13-29(14-16-30)21-10-8-20(9-11-21)23-17-27-24(28-23)22-7-4-12-26-22/h1-3,5-6,8-11,17,22,26H,4,7,12-16,18H2,(H,27,28)/t22-/m0/s1. The number of nitrogens with zero attached hydrogens (tertiary/aromatic N) is 3. The number of hydrogen-bond acceptors (Lipinski definition) is 5. The van der Waals surface area contributed by atoms with E-state index in [2.05, 4.69) is 44.5 Å². The highest BCUT2D eigenvalue weighted by molar-refractivity contribution is 5.68. The monoisotopic (exact) mass is 431 g/mol. The van der Waals surface area contributed by atoms with E-state index in [1.54, 1.807) is 4.90 Å². The third-order valence-electron chi connectivity index (χ3n) is 6.27. The third kappa shape index (κ3) is 4.62. The normalized spacial score (nSPS) is 18.7. The van der Waals surface area contributed by atoms with Gasteiger partial charge in [0.1, 0.15) is 12.4 Å². The van der Waals surface area contributed by atoms with Crippen LogP contribution in [0.4, 0.5) is 10.5 Å². The van der Waals surface area contributed by atoms with E-state index in [9.17, 15) is 4.79 Å². The van der Waals surface area contributed by atoms with Crippen molar-refractivity contribution in [3.8, 4) is 11.3 Å². The second-order valence-electron chi connectivity index (χ2n) is 8.39. The Morgan fingerprint density at radius 2 is 1.81 bits per heavy atom. The van der Waals surface area contributed by atoms with Crippen LogP contribution in [0, 0.1) is 0 Å². The van der Waals surface area contributed by atoms with Crippen molar-refractivity contribution < 1.29 is 9.53 Å². The summed E-state index contributed by atoms with van der Waals surface area (Å²) in [5, 5.41) is 3.48. The molecule has 2 aliphatic heterocycles. The Morgan fingerprint density at radius 1 is 1.03 bits per heavy atom. The first-order valence-corrected chi connectivity index (χ1v) is 11.4. The number of ether oxygens (including phenoxy) is 1. The molecular formula is C25H29N5O2. The van der Waals surface area contributed by atoms with Crippen LogP contribution in [-0.2, 0) is 11.3 Å². The molecule has 2 fully saturated rings. The number of rotatable bonds is 5. The average molecular weight is 432 g/mol. The van der Waals surface area contributed by atoms with Gasteiger partial charge in [0.05, 0.1) is 17.9 Å². The van der Waals surface area contributed by atoms with E-state index >= 15 is 0 Å². The molecule has 7 nitrogen and oxygen atoms in total. The lowest BCUT2D eigenvalue weighted by molar-refractivity contribution is 0.0942. The molecular weight excluding hydrogens is 402 g/mol. The zero-order chi connectivity index (χ0) is 21.8. The predicted molar refractivity (Wildman–Crippen MR) is 124 cm³/mol. The van der Waals surface area contributed by atoms with Gasteiger partial charge in [0.15, 0.2) is 0 Å². The molecule has 1 amide bonds. The molecule has 2 saturated heterocycles. The minimum atomic E-state index is -0.240. The van der Waals surface area contributed by atoms with Crippen LogP contribution < -0.4 is 10.2 Å². The van der Waals surface area contributed by atoms with E-state index in [0.29, 0.717) is 25.7 Å². The Bertz CT molecular complexity index is 1020. The fourth-order valence-electron chi connectivity index (χ4n) is 4.39. The van der Waals surface area contributed by atoms with Crippen molar-refractivity contribution in [1.82, 2.24) is 20.2 Å². The lowest BCUT2D eigenvalue weighted by Gasteiger charge is -2.35. The van der Waals surface area contributed by atoms with Crippen molar-refractivity contribution in [1.29, 1.82) is 0 Å². The average Bonchev–Trinajstić information content (AvgIpc) is 3.56. The molecule has 3 heterocycles. The number of nitrogens with one attached hydrogen (secondary N) is 2. The highest BCUT2D eigenvalue weighted by Crippen LogP contribution is 2.26. The lowest BCUT2D eigenvalue weighted by atomic mass is 10.1. The van der Waals surface area contributed by atoms with Gasteiger partial charge in [-0.05, 0) is 42.6 Å². The van der Waals surface area contributed by atoms with E-state index in [0.717, 1.165) is 48.7 Å². The van der Waals surface area contributed by atoms with Crippen molar-refractivity contribution in [3.63, 3.8) is 0 Å². The van der Waals surface area contributed by atoms with Crippen LogP contribution >= 0.6 is 0 Å². The summed E-state index contributed by atoms with van der Waals surface area (Å²) in [5.41, 5.74) is 4.35. The summed E-state index contributed by atoms with van der Waals surface area (Å²) in [5.74, 6) is 1.02. The van der Waals surface area contributed by atoms with E-state index in [1.807, 2.05) is 36.5 Å². The number of carbonyl (C=O) groups is 1. The minimum Gasteiger partial charge on any atom is -0.445 e. The molecule has 2 N–H and O–H groups in total. The molecule has 2 aromatic carbocycles. The molecule has 0 unspecified atom stereocenters. The van der Waals surface area contributed by atoms with Gasteiger partial charge >= 0.3 is 6.09 Å². The first-order valence-electron chi connectivity index (χ1n) is 11.4. The van der Waals surface area contributed by atoms with Gasteiger partial charge in [0.2, 0.25) is 0 Å². The summed E-state index contributed by atoms with van der Waals surface area (Å²) in [6.07, 6.45) is 4.02. The topological polar surface area (TPSA) is 73.5 Å². The third-order valence-corrected chi connectivity index (χ3v) is 6.27. The van der Waals surface area contributed by atoms with Gasteiger partial charge in [-0.1, -0.05) is 42.5 Å². The minimum absolute atomic E-state index is 0.240. The van der Waals surface area contributed by atoms with Crippen molar-refractivity contribution >= 4 is 11.8 Å². The van der Waals surface area contributed by atoms with Gasteiger partial charge in [-0.15, -0.1) is 0 Å². The van der Waals surface area contributed by atoms with E-state index in [1.165, 1.54) is 12.1 Å². The summed E-state index contributed by atoms with van der Waals surface area (Å²) < 4.78 is 5.47. The molecule has 1 atom stereocenters. The van der Waals surface area contributed by atoms with Crippen LogP contribution in [0.15, 0.2) is 60.8 Å². The van der Waals surface area contributed by atoms with Crippen LogP contribution in [0.2, 0.25) is 0 Å². The Labute approximate surface area is 188 Å². The number of H-pyrrole nitrogens is 1. The van der Waals surface area contributed by atoms with Gasteiger partial charge in [-0.2, -0.15) is 0 Å². The molecule has 0 aliphatic carbocycles. The number of piperazine rings is 1. The summed E-state index contributed by atoms with van der Waals surface area (Å²) in [7, 11) is 0. The molecule has 0 radical (unpaired) electrons. The maximum atomic E-state index is 12.4. The van der Waals surface area contributed by atoms with Crippen LogP contribution in [0.25, 0.3) is 11.3 Å². The number of aromatic nitrogens is 2. The Kier molecular flexibility index (Phi) is 6.07. The lowest BCUT2D eigenvalue weighted by Crippen LogP contribution is -2.48. The summed E-state index contributed by atoms with van der Waals surface area (Å²) in [6, 6.07) is 18.7. The van der Waals surface area contributed by atoms with Gasteiger partial charge in [0, 0.05) is 31.9 Å². The number of hydrogen-bond donors (Lipinski definition) is 2. The van der Waals surface area contributed by atoms with E-state index in [4.69, 9.17) is 4.74 Å². The maximum absolute atomic E-state index is 12.4. The van der Waals surface area contributed by atoms with Gasteiger partial charge in [-0.3, -0.25) is 0 Å². The predicted octanol–water partition coefficient (Wildman–Crippen LogP) is 3.96. The Morgan fingerprint density at radius 3 is 2.53 bits per heavy atom. The molecule has 7 heteroatoms. The number of imidazole rings is 1. The van der Waals surface area contributed by atoms with Gasteiger partial charge in [0.25, 0.3) is 0 Å².